The van der Waals surface area contributed by atoms with Gasteiger partial charge in [-0.15, -0.1) is 68.6 Å². The summed E-state index contributed by atoms with van der Waals surface area (Å²) in [6, 6.07) is 41.4. The van der Waals surface area contributed by atoms with Gasteiger partial charge >= 0.3 is 41.3 Å². The van der Waals surface area contributed by atoms with E-state index in [1.807, 2.05) is 0 Å². The third kappa shape index (κ3) is 8.96. The molecule has 210 valence electrons. The molecular weight excluding hydrogens is 619 g/mol. The number of benzene rings is 4. The molecule has 6 aromatic rings. The van der Waals surface area contributed by atoms with Crippen LogP contribution < -0.4 is 24.8 Å². The zero-order chi connectivity index (χ0) is 27.9. The number of aryl methyl sites for hydroxylation is 2. The molecule has 0 unspecified atom stereocenters. The molecular formula is C38H38Cl2Zr-2. The Labute approximate surface area is 273 Å². The smallest absolute Gasteiger partial charge is 0.0279 e. The number of rotatable bonds is 3. The molecule has 3 heteroatoms. The van der Waals surface area contributed by atoms with E-state index in [4.69, 9.17) is 0 Å². The molecule has 0 aliphatic carbocycles. The summed E-state index contributed by atoms with van der Waals surface area (Å²) >= 11 is 1.55. The summed E-state index contributed by atoms with van der Waals surface area (Å²) in [4.78, 5) is 0. The van der Waals surface area contributed by atoms with E-state index >= 15 is 0 Å². The van der Waals surface area contributed by atoms with Gasteiger partial charge in [0.25, 0.3) is 0 Å². The molecule has 0 heterocycles. The summed E-state index contributed by atoms with van der Waals surface area (Å²) in [7, 11) is 0. The van der Waals surface area contributed by atoms with E-state index in [0.29, 0.717) is 5.92 Å². The fourth-order valence-electron chi connectivity index (χ4n) is 4.92. The number of hydrogen-bond donors (Lipinski definition) is 0. The Morgan fingerprint density at radius 1 is 0.634 bits per heavy atom. The maximum atomic E-state index is 2.34. The van der Waals surface area contributed by atoms with Crippen molar-refractivity contribution >= 4 is 24.8 Å². The molecule has 0 nitrogen and oxygen atoms in total. The SMILES string of the molecule is CC(C)c1cc2c(-c3ccccc3)cccc2[cH-]1.C[C](C)=[Zr+2].Cc1cc2c(-c3ccccc3)ccc(C)c2[cH-]1.[Cl-].[Cl-]. The first-order valence-electron chi connectivity index (χ1n) is 13.7. The van der Waals surface area contributed by atoms with Crippen molar-refractivity contribution in [3.63, 3.8) is 0 Å². The topological polar surface area (TPSA) is 0 Å². The van der Waals surface area contributed by atoms with Crippen LogP contribution >= 0.6 is 0 Å². The molecule has 0 aromatic heterocycles. The van der Waals surface area contributed by atoms with Crippen molar-refractivity contribution in [1.29, 1.82) is 0 Å². The molecule has 0 radical (unpaired) electrons. The number of hydrogen-bond acceptors (Lipinski definition) is 0. The average molecular weight is 657 g/mol. The van der Waals surface area contributed by atoms with Crippen LogP contribution in [0.5, 0.6) is 0 Å². The molecule has 0 aliphatic heterocycles. The molecule has 0 bridgehead atoms. The monoisotopic (exact) mass is 654 g/mol. The van der Waals surface area contributed by atoms with Gasteiger partial charge in [0.2, 0.25) is 0 Å². The van der Waals surface area contributed by atoms with Crippen molar-refractivity contribution < 1.29 is 49.0 Å². The van der Waals surface area contributed by atoms with Crippen molar-refractivity contribution in [2.24, 2.45) is 0 Å². The van der Waals surface area contributed by atoms with Gasteiger partial charge < -0.3 is 24.8 Å². The van der Waals surface area contributed by atoms with Crippen LogP contribution in [0.3, 0.4) is 0 Å². The predicted molar refractivity (Wildman–Crippen MR) is 170 cm³/mol. The van der Waals surface area contributed by atoms with Gasteiger partial charge in [-0.2, -0.15) is 12.1 Å². The van der Waals surface area contributed by atoms with Crippen LogP contribution in [-0.2, 0) is 24.2 Å². The Morgan fingerprint density at radius 3 is 1.71 bits per heavy atom. The maximum Gasteiger partial charge on any atom is -0.0279 e. The minimum Gasteiger partial charge on any atom is -1.00 e. The van der Waals surface area contributed by atoms with Gasteiger partial charge in [-0.3, -0.25) is 0 Å². The van der Waals surface area contributed by atoms with Crippen LogP contribution in [0.1, 0.15) is 50.3 Å². The third-order valence-electron chi connectivity index (χ3n) is 6.86. The first-order valence-corrected chi connectivity index (χ1v) is 15.0. The van der Waals surface area contributed by atoms with Crippen molar-refractivity contribution in [1.82, 2.24) is 0 Å². The van der Waals surface area contributed by atoms with Crippen LogP contribution in [0, 0.1) is 13.8 Å². The Kier molecular flexibility index (Phi) is 13.7. The Morgan fingerprint density at radius 2 is 1.17 bits per heavy atom. The second-order valence-corrected chi connectivity index (χ2v) is 13.2. The van der Waals surface area contributed by atoms with Crippen LogP contribution in [0.25, 0.3) is 43.8 Å². The van der Waals surface area contributed by atoms with E-state index < -0.39 is 0 Å². The molecule has 0 saturated heterocycles. The van der Waals surface area contributed by atoms with E-state index in [0.717, 1.165) is 0 Å². The fourth-order valence-corrected chi connectivity index (χ4v) is 4.92. The summed E-state index contributed by atoms with van der Waals surface area (Å²) in [6.07, 6.45) is 0. The summed E-state index contributed by atoms with van der Waals surface area (Å²) in [6.45, 7) is 13.1. The van der Waals surface area contributed by atoms with Crippen LogP contribution in [-0.4, -0.2) is 3.21 Å². The molecule has 41 heavy (non-hydrogen) atoms. The molecule has 0 atom stereocenters. The first kappa shape index (κ1) is 34.6. The fraction of sp³-hybridized carbons (Fsp3) is 0.184. The number of fused-ring (bicyclic) bond motifs is 2. The predicted octanol–water partition coefficient (Wildman–Crippen LogP) is 4.95. The second-order valence-electron chi connectivity index (χ2n) is 10.8. The minimum absolute atomic E-state index is 0. The number of halogens is 2. The maximum absolute atomic E-state index is 2.34. The molecule has 0 N–H and O–H groups in total. The van der Waals surface area contributed by atoms with Crippen molar-refractivity contribution in [2.75, 3.05) is 0 Å². The third-order valence-corrected chi connectivity index (χ3v) is 6.86. The summed E-state index contributed by atoms with van der Waals surface area (Å²) in [5.41, 5.74) is 9.37. The van der Waals surface area contributed by atoms with Crippen molar-refractivity contribution in [3.05, 3.63) is 132 Å². The molecule has 6 rings (SSSR count). The average Bonchev–Trinajstić information content (AvgIpc) is 3.54. The molecule has 6 aromatic carbocycles. The Bertz CT molecular complexity index is 1670. The first-order chi connectivity index (χ1) is 18.7. The van der Waals surface area contributed by atoms with E-state index in [9.17, 15) is 0 Å². The zero-order valence-corrected chi connectivity index (χ0v) is 28.8. The normalized spacial score (nSPS) is 10.2. The van der Waals surface area contributed by atoms with Crippen molar-refractivity contribution in [3.8, 4) is 22.3 Å². The van der Waals surface area contributed by atoms with Gasteiger partial charge in [0.15, 0.2) is 0 Å². The Balaban J connectivity index is 0.000000244. The van der Waals surface area contributed by atoms with Gasteiger partial charge in [0.05, 0.1) is 0 Å². The van der Waals surface area contributed by atoms with Crippen LogP contribution in [0.4, 0.5) is 0 Å². The van der Waals surface area contributed by atoms with Gasteiger partial charge in [0.1, 0.15) is 0 Å². The van der Waals surface area contributed by atoms with Crippen molar-refractivity contribution in [2.45, 2.75) is 47.5 Å². The standard InChI is InChI=1S/C18H17.C17H15.C3H6.2ClH.Zr/c1-13(2)16-11-15-9-6-10-17(18(15)12-16)14-7-4-3-5-8-14;1-12-10-16-13(2)8-9-15(17(16)11-12)14-6-4-3-5-7-14;1-3-2;;;/h3-13H,1-2H3;3-11H,1-2H3;1-2H3;2*1H;/q2*-1;;;;+2/p-2. The molecule has 0 aliphatic rings. The van der Waals surface area contributed by atoms with Crippen LogP contribution in [0.2, 0.25) is 0 Å². The van der Waals surface area contributed by atoms with Crippen LogP contribution in [0.15, 0.2) is 115 Å². The summed E-state index contributed by atoms with van der Waals surface area (Å²) in [5, 5.41) is 5.46. The summed E-state index contributed by atoms with van der Waals surface area (Å²) in [5.74, 6) is 0.584. The molecule has 0 amide bonds. The van der Waals surface area contributed by atoms with Gasteiger partial charge in [0, 0.05) is 0 Å². The summed E-state index contributed by atoms with van der Waals surface area (Å²) < 4.78 is 1.51. The van der Waals surface area contributed by atoms with Gasteiger partial charge in [-0.25, -0.2) is 0 Å². The molecule has 0 saturated carbocycles. The van der Waals surface area contributed by atoms with E-state index in [2.05, 4.69) is 157 Å². The molecule has 0 fully saturated rings. The minimum atomic E-state index is 0. The molecule has 0 spiro atoms. The zero-order valence-electron chi connectivity index (χ0n) is 24.8. The van der Waals surface area contributed by atoms with E-state index in [1.165, 1.54) is 63.7 Å². The van der Waals surface area contributed by atoms with E-state index in [1.54, 1.807) is 24.2 Å². The quantitative estimate of drug-likeness (QED) is 0.237. The largest absolute Gasteiger partial charge is 1.00 e. The van der Waals surface area contributed by atoms with E-state index in [-0.39, 0.29) is 24.8 Å². The second kappa shape index (κ2) is 16.2. The Hall–Kier alpha value is -2.57. The van der Waals surface area contributed by atoms with Gasteiger partial charge in [-0.05, 0) is 17.0 Å². The van der Waals surface area contributed by atoms with Gasteiger partial charge in [-0.1, -0.05) is 112 Å².